The minimum absolute atomic E-state index is 0.383. The molecule has 6 heteroatoms. The Hall–Kier alpha value is -3.80. The van der Waals surface area contributed by atoms with Crippen LogP contribution in [0.25, 0.3) is 0 Å². The minimum Gasteiger partial charge on any atom is -0.490 e. The van der Waals surface area contributed by atoms with Crippen molar-refractivity contribution in [1.29, 1.82) is 0 Å². The van der Waals surface area contributed by atoms with Crippen molar-refractivity contribution < 1.29 is 24.1 Å². The average Bonchev–Trinajstić information content (AvgIpc) is 2.73. The number of aliphatic imine (C=N–C) groups is 1. The van der Waals surface area contributed by atoms with Gasteiger partial charge in [0.05, 0.1) is 12.3 Å². The van der Waals surface area contributed by atoms with Gasteiger partial charge in [-0.25, -0.2) is 4.79 Å². The molecule has 0 heterocycles. The summed E-state index contributed by atoms with van der Waals surface area (Å²) in [5.41, 5.74) is 1.58. The van der Waals surface area contributed by atoms with E-state index in [0.29, 0.717) is 18.1 Å². The number of ether oxygens (including phenoxy) is 3. The molecule has 0 aliphatic carbocycles. The molecule has 0 aliphatic rings. The molecule has 29 heavy (non-hydrogen) atoms. The van der Waals surface area contributed by atoms with Crippen LogP contribution in [0.5, 0.6) is 23.0 Å². The van der Waals surface area contributed by atoms with E-state index in [2.05, 4.69) is 4.99 Å². The molecule has 0 radical (unpaired) electrons. The van der Waals surface area contributed by atoms with Gasteiger partial charge in [0.2, 0.25) is 0 Å². The zero-order valence-corrected chi connectivity index (χ0v) is 15.9. The summed E-state index contributed by atoms with van der Waals surface area (Å²) in [5, 5.41) is 8.77. The molecule has 0 bridgehead atoms. The van der Waals surface area contributed by atoms with Crippen LogP contribution in [-0.2, 0) is 4.79 Å². The molecule has 0 aliphatic heterocycles. The normalized spacial score (nSPS) is 10.7. The Morgan fingerprint density at radius 3 is 2.34 bits per heavy atom. The molecular formula is C23H21NO5. The SMILES string of the molecule is CCOc1cc(C=Nc2ccc(Oc3ccccc3)cc2)ccc1OCC(=O)O. The van der Waals surface area contributed by atoms with Crippen molar-refractivity contribution in [3.63, 3.8) is 0 Å². The monoisotopic (exact) mass is 391 g/mol. The summed E-state index contributed by atoms with van der Waals surface area (Å²) in [4.78, 5) is 15.2. The van der Waals surface area contributed by atoms with Gasteiger partial charge in [-0.05, 0) is 67.1 Å². The lowest BCUT2D eigenvalue weighted by atomic mass is 10.2. The zero-order chi connectivity index (χ0) is 20.5. The lowest BCUT2D eigenvalue weighted by molar-refractivity contribution is -0.139. The first-order valence-electron chi connectivity index (χ1n) is 9.12. The Kier molecular flexibility index (Phi) is 6.84. The van der Waals surface area contributed by atoms with Crippen LogP contribution in [0.3, 0.4) is 0 Å². The number of para-hydroxylation sites is 1. The van der Waals surface area contributed by atoms with E-state index in [1.165, 1.54) is 0 Å². The summed E-state index contributed by atoms with van der Waals surface area (Å²) in [5.74, 6) is 1.32. The van der Waals surface area contributed by atoms with Gasteiger partial charge in [-0.1, -0.05) is 18.2 Å². The van der Waals surface area contributed by atoms with E-state index in [1.54, 1.807) is 24.4 Å². The topological polar surface area (TPSA) is 77.3 Å². The standard InChI is InChI=1S/C23H21NO5/c1-2-27-22-14-17(8-13-21(22)28-16-23(25)26)15-24-18-9-11-20(12-10-18)29-19-6-4-3-5-7-19/h3-15H,2,16H2,1H3,(H,25,26). The molecule has 0 saturated carbocycles. The van der Waals surface area contributed by atoms with Gasteiger partial charge in [0, 0.05) is 6.21 Å². The van der Waals surface area contributed by atoms with Gasteiger partial charge < -0.3 is 19.3 Å². The molecular weight excluding hydrogens is 370 g/mol. The predicted octanol–water partition coefficient (Wildman–Crippen LogP) is 5.09. The molecule has 0 amide bonds. The van der Waals surface area contributed by atoms with Crippen LogP contribution < -0.4 is 14.2 Å². The molecule has 0 saturated heterocycles. The molecule has 0 aromatic heterocycles. The Balaban J connectivity index is 1.68. The number of benzene rings is 3. The molecule has 3 aromatic carbocycles. The number of hydrogen-bond acceptors (Lipinski definition) is 5. The maximum atomic E-state index is 10.7. The lowest BCUT2D eigenvalue weighted by Gasteiger charge is -2.11. The summed E-state index contributed by atoms with van der Waals surface area (Å²) >= 11 is 0. The third kappa shape index (κ3) is 6.10. The number of carbonyl (C=O) groups is 1. The second-order valence-corrected chi connectivity index (χ2v) is 5.99. The van der Waals surface area contributed by atoms with E-state index >= 15 is 0 Å². The molecule has 0 unspecified atom stereocenters. The Morgan fingerprint density at radius 2 is 1.66 bits per heavy atom. The molecule has 6 nitrogen and oxygen atoms in total. The number of aliphatic carboxylic acids is 1. The van der Waals surface area contributed by atoms with E-state index in [0.717, 1.165) is 22.7 Å². The second-order valence-electron chi connectivity index (χ2n) is 5.99. The molecule has 148 valence electrons. The van der Waals surface area contributed by atoms with Crippen LogP contribution in [0.1, 0.15) is 12.5 Å². The van der Waals surface area contributed by atoms with Crippen molar-refractivity contribution in [2.45, 2.75) is 6.92 Å². The molecule has 1 N–H and O–H groups in total. The van der Waals surface area contributed by atoms with E-state index in [4.69, 9.17) is 19.3 Å². The van der Waals surface area contributed by atoms with Crippen molar-refractivity contribution >= 4 is 17.9 Å². The molecule has 3 aromatic rings. The number of nitrogens with zero attached hydrogens (tertiary/aromatic N) is 1. The summed E-state index contributed by atoms with van der Waals surface area (Å²) in [6.07, 6.45) is 1.70. The van der Waals surface area contributed by atoms with Crippen LogP contribution in [0.4, 0.5) is 5.69 Å². The first kappa shape index (κ1) is 19.9. The highest BCUT2D eigenvalue weighted by molar-refractivity contribution is 5.83. The molecule has 0 spiro atoms. The van der Waals surface area contributed by atoms with E-state index in [9.17, 15) is 4.79 Å². The van der Waals surface area contributed by atoms with Crippen molar-refractivity contribution in [3.8, 4) is 23.0 Å². The second kappa shape index (κ2) is 9.94. The quantitative estimate of drug-likeness (QED) is 0.514. The van der Waals surface area contributed by atoms with Crippen molar-refractivity contribution in [2.24, 2.45) is 4.99 Å². The van der Waals surface area contributed by atoms with Gasteiger partial charge in [0.25, 0.3) is 0 Å². The summed E-state index contributed by atoms with van der Waals surface area (Å²) < 4.78 is 16.6. The first-order valence-corrected chi connectivity index (χ1v) is 9.12. The fraction of sp³-hybridized carbons (Fsp3) is 0.130. The largest absolute Gasteiger partial charge is 0.490 e. The van der Waals surface area contributed by atoms with Crippen molar-refractivity contribution in [3.05, 3.63) is 78.4 Å². The first-order chi connectivity index (χ1) is 14.1. The Labute approximate surface area is 169 Å². The van der Waals surface area contributed by atoms with E-state index in [-0.39, 0.29) is 0 Å². The summed E-state index contributed by atoms with van der Waals surface area (Å²) in [7, 11) is 0. The minimum atomic E-state index is -1.04. The van der Waals surface area contributed by atoms with Crippen LogP contribution in [0, 0.1) is 0 Å². The number of hydrogen-bond donors (Lipinski definition) is 1. The van der Waals surface area contributed by atoms with Crippen molar-refractivity contribution in [2.75, 3.05) is 13.2 Å². The highest BCUT2D eigenvalue weighted by atomic mass is 16.5. The zero-order valence-electron chi connectivity index (χ0n) is 15.9. The van der Waals surface area contributed by atoms with Gasteiger partial charge in [-0.15, -0.1) is 0 Å². The summed E-state index contributed by atoms with van der Waals surface area (Å²) in [6.45, 7) is 1.86. The third-order valence-electron chi connectivity index (χ3n) is 3.80. The van der Waals surface area contributed by atoms with Gasteiger partial charge in [0.1, 0.15) is 11.5 Å². The molecule has 3 rings (SSSR count). The van der Waals surface area contributed by atoms with E-state index in [1.807, 2.05) is 61.5 Å². The van der Waals surface area contributed by atoms with Crippen LogP contribution >= 0.6 is 0 Å². The maximum absolute atomic E-state index is 10.7. The van der Waals surface area contributed by atoms with Gasteiger partial charge in [0.15, 0.2) is 18.1 Å². The third-order valence-corrected chi connectivity index (χ3v) is 3.80. The summed E-state index contributed by atoms with van der Waals surface area (Å²) in [6, 6.07) is 22.2. The number of carboxylic acids is 1. The van der Waals surface area contributed by atoms with E-state index < -0.39 is 12.6 Å². The van der Waals surface area contributed by atoms with Crippen LogP contribution in [0.15, 0.2) is 77.8 Å². The van der Waals surface area contributed by atoms with Crippen molar-refractivity contribution in [1.82, 2.24) is 0 Å². The van der Waals surface area contributed by atoms with Crippen LogP contribution in [-0.4, -0.2) is 30.5 Å². The Bertz CT molecular complexity index is 968. The predicted molar refractivity (Wildman–Crippen MR) is 111 cm³/mol. The maximum Gasteiger partial charge on any atom is 0.341 e. The molecule has 0 fully saturated rings. The smallest absolute Gasteiger partial charge is 0.341 e. The highest BCUT2D eigenvalue weighted by Gasteiger charge is 2.08. The average molecular weight is 391 g/mol. The van der Waals surface area contributed by atoms with Gasteiger partial charge in [-0.2, -0.15) is 0 Å². The fourth-order valence-electron chi connectivity index (χ4n) is 2.51. The molecule has 0 atom stereocenters. The highest BCUT2D eigenvalue weighted by Crippen LogP contribution is 2.28. The lowest BCUT2D eigenvalue weighted by Crippen LogP contribution is -2.10. The van der Waals surface area contributed by atoms with Crippen LogP contribution in [0.2, 0.25) is 0 Å². The number of carboxylic acid groups (broad SMARTS) is 1. The van der Waals surface area contributed by atoms with Gasteiger partial charge >= 0.3 is 5.97 Å². The Morgan fingerprint density at radius 1 is 0.931 bits per heavy atom. The fourth-order valence-corrected chi connectivity index (χ4v) is 2.51. The van der Waals surface area contributed by atoms with Gasteiger partial charge in [-0.3, -0.25) is 4.99 Å². The number of rotatable bonds is 9.